The fourth-order valence-electron chi connectivity index (χ4n) is 1.25. The molecule has 0 atom stereocenters. The Morgan fingerprint density at radius 3 is 2.33 bits per heavy atom. The molecule has 18 heavy (non-hydrogen) atoms. The molecule has 0 fully saturated rings. The molecule has 0 bridgehead atoms. The largest absolute Gasteiger partial charge is 0.280 e. The molecule has 0 amide bonds. The van der Waals surface area contributed by atoms with Crippen LogP contribution in [0.4, 0.5) is 5.69 Å². The zero-order valence-corrected chi connectivity index (χ0v) is 12.1. The number of hydrogen-bond acceptors (Lipinski definition) is 3. The monoisotopic (exact) mass is 346 g/mol. The lowest BCUT2D eigenvalue weighted by atomic mass is 10.3. The number of anilines is 1. The molecule has 0 aliphatic rings. The first kappa shape index (κ1) is 13.3. The summed E-state index contributed by atoms with van der Waals surface area (Å²) in [6.07, 6.45) is 1.21. The molecule has 4 nitrogen and oxygen atoms in total. The Bertz CT molecular complexity index is 642. The SMILES string of the molecule is O=S(=O)(Nc1ccc(Br)cc1)c1ccc(Cl)nc1. The maximum Gasteiger partial charge on any atom is 0.263 e. The van der Waals surface area contributed by atoms with Gasteiger partial charge < -0.3 is 0 Å². The second-order valence-electron chi connectivity index (χ2n) is 3.43. The summed E-state index contributed by atoms with van der Waals surface area (Å²) in [5.74, 6) is 0. The summed E-state index contributed by atoms with van der Waals surface area (Å²) in [7, 11) is -3.63. The van der Waals surface area contributed by atoms with Gasteiger partial charge in [0.1, 0.15) is 10.0 Å². The topological polar surface area (TPSA) is 59.1 Å². The van der Waals surface area contributed by atoms with Crippen LogP contribution in [0.2, 0.25) is 5.15 Å². The van der Waals surface area contributed by atoms with Crippen LogP contribution in [0, 0.1) is 0 Å². The highest BCUT2D eigenvalue weighted by molar-refractivity contribution is 9.10. The molecule has 2 rings (SSSR count). The van der Waals surface area contributed by atoms with Gasteiger partial charge in [-0.25, -0.2) is 13.4 Å². The fraction of sp³-hybridized carbons (Fsp3) is 0. The lowest BCUT2D eigenvalue weighted by Gasteiger charge is -2.07. The highest BCUT2D eigenvalue weighted by atomic mass is 79.9. The van der Waals surface area contributed by atoms with Crippen LogP contribution in [0.5, 0.6) is 0 Å². The number of benzene rings is 1. The minimum atomic E-state index is -3.63. The quantitative estimate of drug-likeness (QED) is 0.867. The van der Waals surface area contributed by atoms with Gasteiger partial charge in [-0.15, -0.1) is 0 Å². The van der Waals surface area contributed by atoms with E-state index in [9.17, 15) is 8.42 Å². The zero-order valence-electron chi connectivity index (χ0n) is 8.97. The smallest absolute Gasteiger partial charge is 0.263 e. The van der Waals surface area contributed by atoms with E-state index < -0.39 is 10.0 Å². The molecule has 0 spiro atoms. The van der Waals surface area contributed by atoms with Crippen LogP contribution in [0.3, 0.4) is 0 Å². The second kappa shape index (κ2) is 5.26. The molecule has 0 radical (unpaired) electrons. The predicted molar refractivity (Wildman–Crippen MR) is 74.2 cm³/mol. The second-order valence-corrected chi connectivity index (χ2v) is 6.41. The van der Waals surface area contributed by atoms with Crippen molar-refractivity contribution in [1.29, 1.82) is 0 Å². The number of pyridine rings is 1. The summed E-state index contributed by atoms with van der Waals surface area (Å²) in [5, 5.41) is 0.248. The van der Waals surface area contributed by atoms with Crippen molar-refractivity contribution in [3.8, 4) is 0 Å². The van der Waals surface area contributed by atoms with Crippen LogP contribution in [-0.2, 0) is 10.0 Å². The van der Waals surface area contributed by atoms with Crippen LogP contribution in [0.1, 0.15) is 0 Å². The molecule has 1 N–H and O–H groups in total. The van der Waals surface area contributed by atoms with Crippen molar-refractivity contribution in [2.45, 2.75) is 4.90 Å². The van der Waals surface area contributed by atoms with Gasteiger partial charge in [0.15, 0.2) is 0 Å². The maximum absolute atomic E-state index is 12.0. The first-order valence-corrected chi connectivity index (χ1v) is 7.53. The number of nitrogens with one attached hydrogen (secondary N) is 1. The van der Waals surface area contributed by atoms with Crippen molar-refractivity contribution in [2.75, 3.05) is 4.72 Å². The molecule has 0 saturated heterocycles. The highest BCUT2D eigenvalue weighted by Crippen LogP contribution is 2.18. The van der Waals surface area contributed by atoms with Gasteiger partial charge in [0.2, 0.25) is 0 Å². The van der Waals surface area contributed by atoms with E-state index in [1.807, 2.05) is 0 Å². The molecule has 0 unspecified atom stereocenters. The minimum Gasteiger partial charge on any atom is -0.280 e. The normalized spacial score (nSPS) is 11.2. The van der Waals surface area contributed by atoms with E-state index in [1.54, 1.807) is 24.3 Å². The van der Waals surface area contributed by atoms with Crippen molar-refractivity contribution < 1.29 is 8.42 Å². The molecule has 2 aromatic rings. The summed E-state index contributed by atoms with van der Waals surface area (Å²) in [6, 6.07) is 9.64. The number of sulfonamides is 1. The number of nitrogens with zero attached hydrogens (tertiary/aromatic N) is 1. The van der Waals surface area contributed by atoms with E-state index in [4.69, 9.17) is 11.6 Å². The summed E-state index contributed by atoms with van der Waals surface area (Å²) in [6.45, 7) is 0. The number of hydrogen-bond donors (Lipinski definition) is 1. The van der Waals surface area contributed by atoms with Crippen molar-refractivity contribution in [3.63, 3.8) is 0 Å². The summed E-state index contributed by atoms with van der Waals surface area (Å²) in [4.78, 5) is 3.80. The molecular weight excluding hydrogens is 340 g/mol. The van der Waals surface area contributed by atoms with Crippen molar-refractivity contribution in [1.82, 2.24) is 4.98 Å². The van der Waals surface area contributed by atoms with Gasteiger partial charge in [0.25, 0.3) is 10.0 Å². The highest BCUT2D eigenvalue weighted by Gasteiger charge is 2.14. The van der Waals surface area contributed by atoms with Crippen LogP contribution in [0.25, 0.3) is 0 Å². The molecule has 1 aromatic heterocycles. The Kier molecular flexibility index (Phi) is 3.89. The molecule has 7 heteroatoms. The van der Waals surface area contributed by atoms with Gasteiger partial charge in [-0.3, -0.25) is 4.72 Å². The van der Waals surface area contributed by atoms with Crippen LogP contribution >= 0.6 is 27.5 Å². The molecule has 0 aliphatic heterocycles. The van der Waals surface area contributed by atoms with Gasteiger partial charge >= 0.3 is 0 Å². The summed E-state index contributed by atoms with van der Waals surface area (Å²) >= 11 is 8.88. The van der Waals surface area contributed by atoms with Crippen LogP contribution in [0.15, 0.2) is 52.0 Å². The van der Waals surface area contributed by atoms with Gasteiger partial charge in [0, 0.05) is 16.4 Å². The first-order valence-electron chi connectivity index (χ1n) is 4.87. The summed E-state index contributed by atoms with van der Waals surface area (Å²) in [5.41, 5.74) is 0.480. The Morgan fingerprint density at radius 1 is 1.11 bits per heavy atom. The third-order valence-corrected chi connectivity index (χ3v) is 4.23. The Morgan fingerprint density at radius 2 is 1.78 bits per heavy atom. The van der Waals surface area contributed by atoms with E-state index in [0.29, 0.717) is 5.69 Å². The predicted octanol–water partition coefficient (Wildman–Crippen LogP) is 3.30. The van der Waals surface area contributed by atoms with E-state index >= 15 is 0 Å². The van der Waals surface area contributed by atoms with Crippen molar-refractivity contribution >= 4 is 43.2 Å². The average molecular weight is 348 g/mol. The standard InChI is InChI=1S/C11H8BrClN2O2S/c12-8-1-3-9(4-2-8)15-18(16,17)10-5-6-11(13)14-7-10/h1-7,15H. The van der Waals surface area contributed by atoms with Crippen molar-refractivity contribution in [3.05, 3.63) is 52.2 Å². The molecule has 94 valence electrons. The van der Waals surface area contributed by atoms with Gasteiger partial charge in [0.05, 0.1) is 0 Å². The molecule has 1 aromatic carbocycles. The van der Waals surface area contributed by atoms with E-state index in [0.717, 1.165) is 4.47 Å². The maximum atomic E-state index is 12.0. The molecule has 0 saturated carbocycles. The van der Waals surface area contributed by atoms with E-state index in [-0.39, 0.29) is 10.0 Å². The lowest BCUT2D eigenvalue weighted by Crippen LogP contribution is -2.13. The number of aromatic nitrogens is 1. The Hall–Kier alpha value is -1.11. The van der Waals surface area contributed by atoms with Crippen LogP contribution < -0.4 is 4.72 Å². The van der Waals surface area contributed by atoms with Gasteiger partial charge in [-0.05, 0) is 36.4 Å². The van der Waals surface area contributed by atoms with Crippen LogP contribution in [-0.4, -0.2) is 13.4 Å². The average Bonchev–Trinajstić information content (AvgIpc) is 2.32. The minimum absolute atomic E-state index is 0.0646. The molecular formula is C11H8BrClN2O2S. The van der Waals surface area contributed by atoms with E-state index in [2.05, 4.69) is 25.6 Å². The number of rotatable bonds is 3. The van der Waals surface area contributed by atoms with Gasteiger partial charge in [-0.1, -0.05) is 27.5 Å². The Balaban J connectivity index is 2.27. The Labute approximate surface area is 118 Å². The summed E-state index contributed by atoms with van der Waals surface area (Å²) < 4.78 is 27.3. The zero-order chi connectivity index (χ0) is 13.2. The third kappa shape index (κ3) is 3.22. The molecule has 0 aliphatic carbocycles. The van der Waals surface area contributed by atoms with E-state index in [1.165, 1.54) is 18.3 Å². The third-order valence-electron chi connectivity index (χ3n) is 2.11. The molecule has 1 heterocycles. The lowest BCUT2D eigenvalue weighted by molar-refractivity contribution is 0.601. The van der Waals surface area contributed by atoms with Crippen molar-refractivity contribution in [2.24, 2.45) is 0 Å². The van der Waals surface area contributed by atoms with Gasteiger partial charge in [-0.2, -0.15) is 0 Å². The fourth-order valence-corrected chi connectivity index (χ4v) is 2.63. The number of halogens is 2. The first-order chi connectivity index (χ1) is 8.47.